The van der Waals surface area contributed by atoms with E-state index in [4.69, 9.17) is 0 Å². The van der Waals surface area contributed by atoms with Crippen LogP contribution in [0, 0.1) is 11.3 Å². The van der Waals surface area contributed by atoms with Gasteiger partial charge >= 0.3 is 0 Å². The number of amides is 3. The first kappa shape index (κ1) is 23.0. The number of nitrogens with zero attached hydrogens (tertiary/aromatic N) is 2. The molecule has 174 valence electrons. The van der Waals surface area contributed by atoms with E-state index < -0.39 is 0 Å². The first-order valence-corrected chi connectivity index (χ1v) is 11.5. The summed E-state index contributed by atoms with van der Waals surface area (Å²) in [6.45, 7) is 8.83. The third-order valence-electron chi connectivity index (χ3n) is 6.47. The van der Waals surface area contributed by atoms with Crippen molar-refractivity contribution in [2.24, 2.45) is 11.3 Å². The first-order chi connectivity index (χ1) is 15.8. The number of anilines is 1. The Balaban J connectivity index is 1.45. The van der Waals surface area contributed by atoms with E-state index in [1.165, 1.54) is 12.5 Å². The molecule has 2 fully saturated rings. The molecule has 0 bridgehead atoms. The molecule has 4 rings (SSSR count). The summed E-state index contributed by atoms with van der Waals surface area (Å²) in [5.74, 6) is -0.257. The molecule has 2 aliphatic rings. The molecule has 1 atom stereocenters. The molecule has 0 radical (unpaired) electrons. The third kappa shape index (κ3) is 5.09. The molecule has 3 amide bonds. The van der Waals surface area contributed by atoms with Crippen LogP contribution >= 0.6 is 0 Å². The van der Waals surface area contributed by atoms with Gasteiger partial charge in [0.15, 0.2) is 0 Å². The fourth-order valence-corrected chi connectivity index (χ4v) is 5.04. The molecule has 0 aromatic heterocycles. The molecule has 2 heterocycles. The van der Waals surface area contributed by atoms with Gasteiger partial charge in [-0.05, 0) is 43.7 Å². The van der Waals surface area contributed by atoms with Crippen LogP contribution in [0.5, 0.6) is 0 Å². The lowest BCUT2D eigenvalue weighted by Gasteiger charge is -2.50. The highest BCUT2D eigenvalue weighted by molar-refractivity contribution is 5.96. The minimum Gasteiger partial charge on any atom is -0.354 e. The predicted molar refractivity (Wildman–Crippen MR) is 128 cm³/mol. The number of carbonyl (C=O) groups excluding carboxylic acids is 3. The Morgan fingerprint density at radius 1 is 1.00 bits per heavy atom. The number of hydrogen-bond donors (Lipinski definition) is 2. The Morgan fingerprint density at radius 3 is 2.27 bits per heavy atom. The van der Waals surface area contributed by atoms with Gasteiger partial charge in [-0.25, -0.2) is 0 Å². The smallest absolute Gasteiger partial charge is 0.253 e. The van der Waals surface area contributed by atoms with Crippen molar-refractivity contribution >= 4 is 23.4 Å². The quantitative estimate of drug-likeness (QED) is 0.712. The molecule has 7 heteroatoms. The fourth-order valence-electron chi connectivity index (χ4n) is 5.04. The molecule has 2 aliphatic heterocycles. The lowest BCUT2D eigenvalue weighted by atomic mass is 9.71. The van der Waals surface area contributed by atoms with Gasteiger partial charge in [0.1, 0.15) is 0 Å². The van der Waals surface area contributed by atoms with Crippen molar-refractivity contribution in [2.45, 2.75) is 33.4 Å². The molecular formula is C26H32N4O3. The zero-order valence-electron chi connectivity index (χ0n) is 19.5. The molecule has 0 saturated carbocycles. The van der Waals surface area contributed by atoms with Crippen LogP contribution < -0.4 is 10.6 Å². The summed E-state index contributed by atoms with van der Waals surface area (Å²) in [6, 6.07) is 17.3. The zero-order chi connectivity index (χ0) is 23.6. The normalized spacial score (nSPS) is 19.4. The molecule has 7 nitrogen and oxygen atoms in total. The van der Waals surface area contributed by atoms with E-state index in [1.54, 1.807) is 24.3 Å². The van der Waals surface area contributed by atoms with Crippen LogP contribution in [0.2, 0.25) is 0 Å². The van der Waals surface area contributed by atoms with Crippen molar-refractivity contribution in [1.29, 1.82) is 0 Å². The first-order valence-electron chi connectivity index (χ1n) is 11.5. The van der Waals surface area contributed by atoms with Gasteiger partial charge in [-0.3, -0.25) is 19.3 Å². The van der Waals surface area contributed by atoms with Gasteiger partial charge in [-0.15, -0.1) is 0 Å². The number of hydrogen-bond acceptors (Lipinski definition) is 4. The van der Waals surface area contributed by atoms with Gasteiger partial charge in [0, 0.05) is 62.4 Å². The number of rotatable bonds is 6. The maximum atomic E-state index is 13.1. The van der Waals surface area contributed by atoms with Crippen molar-refractivity contribution in [3.05, 3.63) is 65.7 Å². The summed E-state index contributed by atoms with van der Waals surface area (Å²) < 4.78 is 0. The monoisotopic (exact) mass is 448 g/mol. The number of nitrogens with one attached hydrogen (secondary N) is 2. The number of carbonyl (C=O) groups is 3. The Morgan fingerprint density at radius 2 is 1.67 bits per heavy atom. The van der Waals surface area contributed by atoms with Gasteiger partial charge in [0.25, 0.3) is 5.91 Å². The average Bonchev–Trinajstić information content (AvgIpc) is 3.12. The van der Waals surface area contributed by atoms with Gasteiger partial charge in [0.05, 0.1) is 5.92 Å². The van der Waals surface area contributed by atoms with Crippen LogP contribution in [0.1, 0.15) is 36.7 Å². The molecule has 2 aromatic carbocycles. The minimum absolute atomic E-state index is 0.0421. The van der Waals surface area contributed by atoms with Crippen LogP contribution in [-0.4, -0.2) is 59.7 Å². The Hall–Kier alpha value is -3.19. The second-order valence-electron chi connectivity index (χ2n) is 9.65. The van der Waals surface area contributed by atoms with E-state index in [1.807, 2.05) is 36.9 Å². The molecule has 33 heavy (non-hydrogen) atoms. The van der Waals surface area contributed by atoms with Gasteiger partial charge < -0.3 is 15.5 Å². The summed E-state index contributed by atoms with van der Waals surface area (Å²) in [6.07, 6.45) is 0. The van der Waals surface area contributed by atoms with Crippen LogP contribution in [0.25, 0.3) is 0 Å². The zero-order valence-corrected chi connectivity index (χ0v) is 19.5. The lowest BCUT2D eigenvalue weighted by molar-refractivity contribution is -0.131. The Bertz CT molecular complexity index is 1010. The highest BCUT2D eigenvalue weighted by Gasteiger charge is 2.57. The van der Waals surface area contributed by atoms with Crippen molar-refractivity contribution in [3.8, 4) is 0 Å². The van der Waals surface area contributed by atoms with E-state index >= 15 is 0 Å². The van der Waals surface area contributed by atoms with Crippen LogP contribution in [-0.2, 0) is 16.1 Å². The Labute approximate surface area is 195 Å². The van der Waals surface area contributed by atoms with E-state index in [0.717, 1.165) is 13.1 Å². The maximum absolute atomic E-state index is 13.1. The van der Waals surface area contributed by atoms with Gasteiger partial charge in [-0.1, -0.05) is 30.3 Å². The molecule has 0 aliphatic carbocycles. The topological polar surface area (TPSA) is 81.8 Å². The Kier molecular flexibility index (Phi) is 6.51. The standard InChI is InChI=1S/C26H32N4O3/c1-18(2)27-24(32)23-14-29(13-20-7-5-4-6-8-20)15-26(23)16-30(17-26)25(33)21-9-11-22(12-10-21)28-19(3)31/h4-12,18,23H,13-17H2,1-3H3,(H,27,32)(H,28,31). The van der Waals surface area contributed by atoms with Crippen LogP contribution in [0.3, 0.4) is 0 Å². The second-order valence-corrected chi connectivity index (χ2v) is 9.65. The third-order valence-corrected chi connectivity index (χ3v) is 6.47. The highest BCUT2D eigenvalue weighted by Crippen LogP contribution is 2.45. The SMILES string of the molecule is CC(=O)Nc1ccc(C(=O)N2CC3(CN(Cc4ccccc4)CC3C(=O)NC(C)C)C2)cc1. The molecule has 2 aromatic rings. The van der Waals surface area contributed by atoms with Crippen LogP contribution in [0.4, 0.5) is 5.69 Å². The largest absolute Gasteiger partial charge is 0.354 e. The summed E-state index contributed by atoms with van der Waals surface area (Å²) in [7, 11) is 0. The van der Waals surface area contributed by atoms with Crippen molar-refractivity contribution in [3.63, 3.8) is 0 Å². The summed E-state index contributed by atoms with van der Waals surface area (Å²) >= 11 is 0. The van der Waals surface area contributed by atoms with Crippen molar-refractivity contribution in [1.82, 2.24) is 15.1 Å². The maximum Gasteiger partial charge on any atom is 0.253 e. The van der Waals surface area contributed by atoms with Crippen molar-refractivity contribution in [2.75, 3.05) is 31.5 Å². The van der Waals surface area contributed by atoms with E-state index in [-0.39, 0.29) is 35.1 Å². The number of benzene rings is 2. The minimum atomic E-state index is -0.223. The predicted octanol–water partition coefficient (Wildman–Crippen LogP) is 2.74. The van der Waals surface area contributed by atoms with Crippen molar-refractivity contribution < 1.29 is 14.4 Å². The van der Waals surface area contributed by atoms with E-state index in [9.17, 15) is 14.4 Å². The van der Waals surface area contributed by atoms with E-state index in [2.05, 4.69) is 27.7 Å². The summed E-state index contributed by atoms with van der Waals surface area (Å²) in [5.41, 5.74) is 2.25. The number of likely N-dealkylation sites (tertiary alicyclic amines) is 2. The van der Waals surface area contributed by atoms with Gasteiger partial charge in [0.2, 0.25) is 11.8 Å². The fraction of sp³-hybridized carbons (Fsp3) is 0.423. The molecular weight excluding hydrogens is 416 g/mol. The summed E-state index contributed by atoms with van der Waals surface area (Å²) in [4.78, 5) is 41.5. The summed E-state index contributed by atoms with van der Waals surface area (Å²) in [5, 5.41) is 5.80. The second kappa shape index (κ2) is 9.35. The molecule has 2 saturated heterocycles. The lowest BCUT2D eigenvalue weighted by Crippen LogP contribution is -2.64. The van der Waals surface area contributed by atoms with Gasteiger partial charge in [-0.2, -0.15) is 0 Å². The van der Waals surface area contributed by atoms with Crippen LogP contribution in [0.15, 0.2) is 54.6 Å². The molecule has 1 spiro atoms. The molecule has 1 unspecified atom stereocenters. The highest BCUT2D eigenvalue weighted by atomic mass is 16.2. The molecule has 2 N–H and O–H groups in total. The average molecular weight is 449 g/mol. The van der Waals surface area contributed by atoms with E-state index in [0.29, 0.717) is 30.9 Å².